The predicted molar refractivity (Wildman–Crippen MR) is 64.1 cm³/mol. The van der Waals surface area contributed by atoms with E-state index >= 15 is 0 Å². The van der Waals surface area contributed by atoms with E-state index in [1.165, 1.54) is 11.3 Å². The first-order chi connectivity index (χ1) is 7.06. The van der Waals surface area contributed by atoms with Crippen LogP contribution in [0, 0.1) is 26.7 Å². The van der Waals surface area contributed by atoms with Gasteiger partial charge in [0.1, 0.15) is 0 Å². The summed E-state index contributed by atoms with van der Waals surface area (Å²) >= 11 is 0. The van der Waals surface area contributed by atoms with Gasteiger partial charge >= 0.3 is 0 Å². The Morgan fingerprint density at radius 1 is 1.33 bits per heavy atom. The lowest BCUT2D eigenvalue weighted by molar-refractivity contribution is 0.420. The lowest BCUT2D eigenvalue weighted by atomic mass is 10.1. The van der Waals surface area contributed by atoms with Crippen LogP contribution < -0.4 is 5.32 Å². The molecular formula is C12H23N3. The summed E-state index contributed by atoms with van der Waals surface area (Å²) in [5, 5.41) is 7.91. The Labute approximate surface area is 92.9 Å². The number of nitrogens with zero attached hydrogens (tertiary/aromatic N) is 2. The van der Waals surface area contributed by atoms with Crippen LogP contribution in [0.25, 0.3) is 0 Å². The summed E-state index contributed by atoms with van der Waals surface area (Å²) in [6, 6.07) is 0. The van der Waals surface area contributed by atoms with Gasteiger partial charge in [-0.05, 0) is 45.3 Å². The van der Waals surface area contributed by atoms with Crippen LogP contribution in [0.15, 0.2) is 0 Å². The van der Waals surface area contributed by atoms with E-state index in [9.17, 15) is 0 Å². The lowest BCUT2D eigenvalue weighted by Gasteiger charge is -2.13. The minimum Gasteiger partial charge on any atom is -0.317 e. The highest BCUT2D eigenvalue weighted by Gasteiger charge is 2.09. The molecule has 1 rings (SSSR count). The van der Waals surface area contributed by atoms with Crippen LogP contribution in [0.3, 0.4) is 0 Å². The highest BCUT2D eigenvalue weighted by atomic mass is 15.3. The fourth-order valence-corrected chi connectivity index (χ4v) is 1.71. The average molecular weight is 209 g/mol. The molecule has 0 radical (unpaired) electrons. The summed E-state index contributed by atoms with van der Waals surface area (Å²) in [5.74, 6) is 0.627. The molecule has 1 heterocycles. The Morgan fingerprint density at radius 2 is 2.00 bits per heavy atom. The third-order valence-corrected chi connectivity index (χ3v) is 2.97. The topological polar surface area (TPSA) is 29.9 Å². The molecule has 0 spiro atoms. The summed E-state index contributed by atoms with van der Waals surface area (Å²) in [4.78, 5) is 0. The molecule has 86 valence electrons. The van der Waals surface area contributed by atoms with E-state index in [1.807, 2.05) is 0 Å². The minimum absolute atomic E-state index is 0.627. The summed E-state index contributed by atoms with van der Waals surface area (Å²) in [6.45, 7) is 13.9. The van der Waals surface area contributed by atoms with Crippen LogP contribution in [0.1, 0.15) is 30.8 Å². The zero-order valence-electron chi connectivity index (χ0n) is 10.6. The molecule has 1 aromatic rings. The van der Waals surface area contributed by atoms with Gasteiger partial charge in [0.05, 0.1) is 5.69 Å². The van der Waals surface area contributed by atoms with Gasteiger partial charge in [0.25, 0.3) is 0 Å². The molecule has 1 N–H and O–H groups in total. The molecule has 0 bridgehead atoms. The summed E-state index contributed by atoms with van der Waals surface area (Å²) in [7, 11) is 0. The van der Waals surface area contributed by atoms with Crippen molar-refractivity contribution >= 4 is 0 Å². The van der Waals surface area contributed by atoms with Crippen LogP contribution in [0.5, 0.6) is 0 Å². The SMILES string of the molecule is CCNCC(C)Cn1nc(C)c(C)c1C. The molecule has 0 amide bonds. The molecule has 0 aromatic carbocycles. The molecule has 0 saturated carbocycles. The normalized spacial score (nSPS) is 13.1. The minimum atomic E-state index is 0.627. The molecular weight excluding hydrogens is 186 g/mol. The van der Waals surface area contributed by atoms with E-state index in [0.29, 0.717) is 5.92 Å². The van der Waals surface area contributed by atoms with Gasteiger partial charge in [0.2, 0.25) is 0 Å². The summed E-state index contributed by atoms with van der Waals surface area (Å²) < 4.78 is 2.13. The van der Waals surface area contributed by atoms with Crippen molar-refractivity contribution in [2.24, 2.45) is 5.92 Å². The Balaban J connectivity index is 2.60. The molecule has 1 atom stereocenters. The van der Waals surface area contributed by atoms with Crippen LogP contribution >= 0.6 is 0 Å². The second kappa shape index (κ2) is 5.31. The van der Waals surface area contributed by atoms with Crippen LogP contribution in [0.4, 0.5) is 0 Å². The van der Waals surface area contributed by atoms with Gasteiger partial charge < -0.3 is 5.32 Å². The fraction of sp³-hybridized carbons (Fsp3) is 0.750. The monoisotopic (exact) mass is 209 g/mol. The number of hydrogen-bond acceptors (Lipinski definition) is 2. The zero-order valence-corrected chi connectivity index (χ0v) is 10.6. The Hall–Kier alpha value is -0.830. The molecule has 0 fully saturated rings. The Bertz CT molecular complexity index is 315. The number of rotatable bonds is 5. The van der Waals surface area contributed by atoms with Gasteiger partial charge in [0, 0.05) is 12.2 Å². The van der Waals surface area contributed by atoms with Gasteiger partial charge in [-0.1, -0.05) is 13.8 Å². The summed E-state index contributed by atoms with van der Waals surface area (Å²) in [5.41, 5.74) is 3.78. The second-order valence-corrected chi connectivity index (χ2v) is 4.39. The first-order valence-corrected chi connectivity index (χ1v) is 5.77. The smallest absolute Gasteiger partial charge is 0.0625 e. The third-order valence-electron chi connectivity index (χ3n) is 2.97. The van der Waals surface area contributed by atoms with Crippen molar-refractivity contribution in [1.82, 2.24) is 15.1 Å². The average Bonchev–Trinajstić information content (AvgIpc) is 2.43. The van der Waals surface area contributed by atoms with E-state index in [0.717, 1.165) is 25.3 Å². The van der Waals surface area contributed by atoms with Crippen molar-refractivity contribution in [3.63, 3.8) is 0 Å². The fourth-order valence-electron chi connectivity index (χ4n) is 1.71. The second-order valence-electron chi connectivity index (χ2n) is 4.39. The van der Waals surface area contributed by atoms with E-state index in [4.69, 9.17) is 0 Å². The quantitative estimate of drug-likeness (QED) is 0.804. The Kier molecular flexibility index (Phi) is 4.33. The number of aromatic nitrogens is 2. The lowest BCUT2D eigenvalue weighted by Crippen LogP contribution is -2.24. The van der Waals surface area contributed by atoms with Crippen LogP contribution in [-0.2, 0) is 6.54 Å². The molecule has 0 aliphatic rings. The first kappa shape index (κ1) is 12.2. The highest BCUT2D eigenvalue weighted by molar-refractivity contribution is 5.22. The molecule has 1 aromatic heterocycles. The molecule has 0 saturated heterocycles. The zero-order chi connectivity index (χ0) is 11.4. The maximum absolute atomic E-state index is 4.55. The van der Waals surface area contributed by atoms with E-state index in [1.54, 1.807) is 0 Å². The summed E-state index contributed by atoms with van der Waals surface area (Å²) in [6.07, 6.45) is 0. The molecule has 3 nitrogen and oxygen atoms in total. The third kappa shape index (κ3) is 3.06. The van der Waals surface area contributed by atoms with E-state index in [2.05, 4.69) is 49.7 Å². The van der Waals surface area contributed by atoms with Gasteiger partial charge in [-0.2, -0.15) is 5.10 Å². The number of hydrogen-bond donors (Lipinski definition) is 1. The first-order valence-electron chi connectivity index (χ1n) is 5.77. The van der Waals surface area contributed by atoms with Crippen LogP contribution in [-0.4, -0.2) is 22.9 Å². The molecule has 0 aliphatic heterocycles. The molecule has 3 heteroatoms. The van der Waals surface area contributed by atoms with Gasteiger partial charge in [0.15, 0.2) is 0 Å². The van der Waals surface area contributed by atoms with Crippen molar-refractivity contribution in [1.29, 1.82) is 0 Å². The van der Waals surface area contributed by atoms with Crippen molar-refractivity contribution in [2.45, 2.75) is 41.2 Å². The number of nitrogens with one attached hydrogen (secondary N) is 1. The van der Waals surface area contributed by atoms with Gasteiger partial charge in [-0.3, -0.25) is 4.68 Å². The van der Waals surface area contributed by atoms with Crippen molar-refractivity contribution in [2.75, 3.05) is 13.1 Å². The van der Waals surface area contributed by atoms with E-state index in [-0.39, 0.29) is 0 Å². The standard InChI is InChI=1S/C12H23N3/c1-6-13-7-9(2)8-15-12(5)10(3)11(4)14-15/h9,13H,6-8H2,1-5H3. The Morgan fingerprint density at radius 3 is 2.47 bits per heavy atom. The van der Waals surface area contributed by atoms with Crippen LogP contribution in [0.2, 0.25) is 0 Å². The van der Waals surface area contributed by atoms with Crippen molar-refractivity contribution in [3.05, 3.63) is 17.0 Å². The molecule has 15 heavy (non-hydrogen) atoms. The highest BCUT2D eigenvalue weighted by Crippen LogP contribution is 2.12. The van der Waals surface area contributed by atoms with E-state index < -0.39 is 0 Å². The maximum Gasteiger partial charge on any atom is 0.0625 e. The predicted octanol–water partition coefficient (Wildman–Crippen LogP) is 2.05. The van der Waals surface area contributed by atoms with Crippen molar-refractivity contribution < 1.29 is 0 Å². The van der Waals surface area contributed by atoms with Gasteiger partial charge in [-0.15, -0.1) is 0 Å². The van der Waals surface area contributed by atoms with Gasteiger partial charge in [-0.25, -0.2) is 0 Å². The molecule has 0 aliphatic carbocycles. The largest absolute Gasteiger partial charge is 0.317 e. The molecule has 1 unspecified atom stereocenters. The van der Waals surface area contributed by atoms with Crippen molar-refractivity contribution in [3.8, 4) is 0 Å². The number of aryl methyl sites for hydroxylation is 1. The maximum atomic E-state index is 4.55.